The lowest BCUT2D eigenvalue weighted by atomic mass is 9.82. The van der Waals surface area contributed by atoms with Crippen LogP contribution in [-0.2, 0) is 10.3 Å². The van der Waals surface area contributed by atoms with E-state index >= 15 is 0 Å². The van der Waals surface area contributed by atoms with Crippen LogP contribution in [0.4, 0.5) is 4.79 Å². The van der Waals surface area contributed by atoms with Crippen molar-refractivity contribution in [3.63, 3.8) is 0 Å². The number of amides is 3. The zero-order valence-electron chi connectivity index (χ0n) is 17.3. The minimum atomic E-state index is -1.50. The van der Waals surface area contributed by atoms with Gasteiger partial charge < -0.3 is 14.8 Å². The van der Waals surface area contributed by atoms with Crippen LogP contribution < -0.4 is 14.8 Å². The molecule has 0 radical (unpaired) electrons. The first-order chi connectivity index (χ1) is 15.4. The van der Waals surface area contributed by atoms with Crippen LogP contribution in [0.1, 0.15) is 20.8 Å². The highest BCUT2D eigenvalue weighted by molar-refractivity contribution is 7.18. The molecule has 9 heteroatoms. The van der Waals surface area contributed by atoms with E-state index in [0.29, 0.717) is 31.8 Å². The molecule has 0 bridgehead atoms. The van der Waals surface area contributed by atoms with E-state index in [1.54, 1.807) is 74.9 Å². The minimum absolute atomic E-state index is 0.370. The monoisotopic (exact) mass is 470 g/mol. The molecular weight excluding hydrogens is 452 g/mol. The maximum Gasteiger partial charge on any atom is 0.325 e. The molecule has 3 amide bonds. The predicted molar refractivity (Wildman–Crippen MR) is 121 cm³/mol. The SMILES string of the molecule is COc1ccc(C2(c3ccc(OC)cc3)NC(=O)N(CC(=O)c3ccc(Cl)s3)C2=O)cc1. The lowest BCUT2D eigenvalue weighted by Gasteiger charge is -2.28. The molecule has 1 N–H and O–H groups in total. The first-order valence-electron chi connectivity index (χ1n) is 9.60. The van der Waals surface area contributed by atoms with Gasteiger partial charge in [0.05, 0.1) is 30.0 Å². The molecule has 0 saturated carbocycles. The van der Waals surface area contributed by atoms with E-state index in [2.05, 4.69) is 5.32 Å². The second kappa shape index (κ2) is 8.64. The molecule has 0 unspecified atom stereocenters. The first kappa shape index (κ1) is 21.9. The van der Waals surface area contributed by atoms with Gasteiger partial charge in [0.25, 0.3) is 5.91 Å². The molecular formula is C23H19ClN2O5S. The number of imide groups is 1. The fraction of sp³-hybridized carbons (Fsp3) is 0.174. The van der Waals surface area contributed by atoms with Crippen molar-refractivity contribution in [1.82, 2.24) is 10.2 Å². The van der Waals surface area contributed by atoms with Gasteiger partial charge >= 0.3 is 6.03 Å². The highest BCUT2D eigenvalue weighted by atomic mass is 35.5. The van der Waals surface area contributed by atoms with Gasteiger partial charge in [-0.3, -0.25) is 14.5 Å². The Morgan fingerprint density at radius 1 is 0.938 bits per heavy atom. The van der Waals surface area contributed by atoms with Gasteiger partial charge in [0.15, 0.2) is 11.3 Å². The lowest BCUT2D eigenvalue weighted by molar-refractivity contribution is -0.129. The minimum Gasteiger partial charge on any atom is -0.497 e. The number of carbonyl (C=O) groups is 3. The molecule has 1 aliphatic heterocycles. The van der Waals surface area contributed by atoms with E-state index in [4.69, 9.17) is 21.1 Å². The molecule has 1 aliphatic rings. The number of hydrogen-bond acceptors (Lipinski definition) is 6. The second-order valence-corrected chi connectivity index (χ2v) is 8.77. The number of benzene rings is 2. The molecule has 0 spiro atoms. The number of carbonyl (C=O) groups excluding carboxylic acids is 3. The Bertz CT molecular complexity index is 1130. The van der Waals surface area contributed by atoms with Crippen molar-refractivity contribution in [2.45, 2.75) is 5.54 Å². The number of rotatable bonds is 7. The third-order valence-electron chi connectivity index (χ3n) is 5.30. The van der Waals surface area contributed by atoms with Gasteiger partial charge in [0.2, 0.25) is 0 Å². The van der Waals surface area contributed by atoms with Crippen molar-refractivity contribution < 1.29 is 23.9 Å². The molecule has 2 aromatic carbocycles. The van der Waals surface area contributed by atoms with Crippen molar-refractivity contribution in [2.24, 2.45) is 0 Å². The number of methoxy groups -OCH3 is 2. The van der Waals surface area contributed by atoms with E-state index < -0.39 is 24.0 Å². The molecule has 1 saturated heterocycles. The highest BCUT2D eigenvalue weighted by Gasteiger charge is 2.54. The van der Waals surface area contributed by atoms with E-state index in [-0.39, 0.29) is 5.78 Å². The van der Waals surface area contributed by atoms with Crippen molar-refractivity contribution in [1.29, 1.82) is 0 Å². The largest absolute Gasteiger partial charge is 0.497 e. The van der Waals surface area contributed by atoms with E-state index in [9.17, 15) is 14.4 Å². The lowest BCUT2D eigenvalue weighted by Crippen LogP contribution is -2.45. The maximum absolute atomic E-state index is 13.7. The molecule has 2 heterocycles. The number of Topliss-reactive ketones (excluding diaryl/α,β-unsaturated/α-hetero) is 1. The van der Waals surface area contributed by atoms with E-state index in [1.807, 2.05) is 0 Å². The van der Waals surface area contributed by atoms with Gasteiger partial charge in [0, 0.05) is 0 Å². The smallest absolute Gasteiger partial charge is 0.325 e. The number of nitrogens with zero attached hydrogens (tertiary/aromatic N) is 1. The molecule has 7 nitrogen and oxygen atoms in total. The van der Waals surface area contributed by atoms with Crippen LogP contribution >= 0.6 is 22.9 Å². The molecule has 164 valence electrons. The quantitative estimate of drug-likeness (QED) is 0.415. The van der Waals surface area contributed by atoms with Crippen LogP contribution in [0.3, 0.4) is 0 Å². The van der Waals surface area contributed by atoms with Gasteiger partial charge in [-0.1, -0.05) is 35.9 Å². The molecule has 0 atom stereocenters. The maximum atomic E-state index is 13.7. The standard InChI is InChI=1S/C23H19ClN2O5S/c1-30-16-7-3-14(4-8-16)23(15-5-9-17(31-2)10-6-15)21(28)26(22(29)25-23)13-18(27)19-11-12-20(24)32-19/h3-12H,13H2,1-2H3,(H,25,29). The average molecular weight is 471 g/mol. The van der Waals surface area contributed by atoms with Gasteiger partial charge in [-0.15, -0.1) is 11.3 Å². The van der Waals surface area contributed by atoms with Crippen LogP contribution in [0.2, 0.25) is 4.34 Å². The molecule has 1 fully saturated rings. The molecule has 1 aromatic heterocycles. The summed E-state index contributed by atoms with van der Waals surface area (Å²) < 4.78 is 10.9. The molecule has 0 aliphatic carbocycles. The Labute approximate surface area is 193 Å². The summed E-state index contributed by atoms with van der Waals surface area (Å²) in [5.74, 6) is 0.300. The van der Waals surface area contributed by atoms with Gasteiger partial charge in [0.1, 0.15) is 11.5 Å². The van der Waals surface area contributed by atoms with Crippen LogP contribution in [-0.4, -0.2) is 43.4 Å². The summed E-state index contributed by atoms with van der Waals surface area (Å²) in [5, 5.41) is 2.82. The van der Waals surface area contributed by atoms with Crippen molar-refractivity contribution in [3.8, 4) is 11.5 Å². The summed E-state index contributed by atoms with van der Waals surface area (Å²) in [6.07, 6.45) is 0. The third kappa shape index (κ3) is 3.72. The molecule has 4 rings (SSSR count). The van der Waals surface area contributed by atoms with Crippen molar-refractivity contribution in [3.05, 3.63) is 81.0 Å². The third-order valence-corrected chi connectivity index (χ3v) is 6.57. The van der Waals surface area contributed by atoms with Gasteiger partial charge in [-0.2, -0.15) is 0 Å². The Morgan fingerprint density at radius 2 is 1.47 bits per heavy atom. The number of urea groups is 1. The Morgan fingerprint density at radius 3 is 1.91 bits per heavy atom. The second-order valence-electron chi connectivity index (χ2n) is 7.06. The zero-order chi connectivity index (χ0) is 22.9. The Kier molecular flexibility index (Phi) is 5.90. The predicted octanol–water partition coefficient (Wildman–Crippen LogP) is 4.10. The number of thiophene rings is 1. The van der Waals surface area contributed by atoms with Crippen LogP contribution in [0, 0.1) is 0 Å². The molecule has 32 heavy (non-hydrogen) atoms. The highest BCUT2D eigenvalue weighted by Crippen LogP contribution is 2.37. The van der Waals surface area contributed by atoms with Crippen LogP contribution in [0.15, 0.2) is 60.7 Å². The zero-order valence-corrected chi connectivity index (χ0v) is 18.8. The topological polar surface area (TPSA) is 84.9 Å². The summed E-state index contributed by atoms with van der Waals surface area (Å²) in [7, 11) is 3.09. The average Bonchev–Trinajstić information content (AvgIpc) is 3.36. The number of ether oxygens (including phenoxy) is 2. The van der Waals surface area contributed by atoms with Crippen molar-refractivity contribution in [2.75, 3.05) is 20.8 Å². The van der Waals surface area contributed by atoms with Crippen LogP contribution in [0.25, 0.3) is 0 Å². The van der Waals surface area contributed by atoms with E-state index in [0.717, 1.165) is 16.2 Å². The summed E-state index contributed by atoms with van der Waals surface area (Å²) in [4.78, 5) is 40.7. The van der Waals surface area contributed by atoms with Gasteiger partial charge in [-0.25, -0.2) is 4.79 Å². The molecule has 3 aromatic rings. The number of ketones is 1. The summed E-state index contributed by atoms with van der Waals surface area (Å²) in [6.45, 7) is -0.393. The number of nitrogens with one attached hydrogen (secondary N) is 1. The Balaban J connectivity index is 1.76. The van der Waals surface area contributed by atoms with E-state index in [1.165, 1.54) is 0 Å². The summed E-state index contributed by atoms with van der Waals surface area (Å²) >= 11 is 7.02. The fourth-order valence-corrected chi connectivity index (χ4v) is 4.62. The first-order valence-corrected chi connectivity index (χ1v) is 10.8. The van der Waals surface area contributed by atoms with Crippen molar-refractivity contribution >= 4 is 40.7 Å². The van der Waals surface area contributed by atoms with Gasteiger partial charge in [-0.05, 0) is 47.5 Å². The Hall–Kier alpha value is -3.36. The summed E-state index contributed by atoms with van der Waals surface area (Å²) in [6, 6.07) is 16.2. The fourth-order valence-electron chi connectivity index (χ4n) is 3.65. The number of hydrogen-bond donors (Lipinski definition) is 1. The normalized spacial score (nSPS) is 14.9. The van der Waals surface area contributed by atoms with Crippen LogP contribution in [0.5, 0.6) is 11.5 Å². The summed E-state index contributed by atoms with van der Waals surface area (Å²) in [5.41, 5.74) is -0.421. The number of halogens is 1.